The molecule has 0 heterocycles. The molecule has 0 unspecified atom stereocenters. The van der Waals surface area contributed by atoms with Gasteiger partial charge in [-0.2, -0.15) is 0 Å². The summed E-state index contributed by atoms with van der Waals surface area (Å²) >= 11 is 0. The topological polar surface area (TPSA) is 29.1 Å². The average molecular weight is 261 g/mol. The smallest absolute Gasteiger partial charge is 0.251 e. The van der Waals surface area contributed by atoms with Crippen LogP contribution in [0.1, 0.15) is 43.0 Å². The minimum absolute atomic E-state index is 0.0877. The van der Waals surface area contributed by atoms with Crippen LogP contribution in [0.5, 0.6) is 0 Å². The molecule has 0 spiro atoms. The molecule has 0 radical (unpaired) electrons. The molecule has 1 aromatic carbocycles. The molecule has 2 aliphatic carbocycles. The summed E-state index contributed by atoms with van der Waals surface area (Å²) in [7, 11) is 0. The first-order chi connectivity index (χ1) is 9.13. The van der Waals surface area contributed by atoms with Crippen LogP contribution in [0.2, 0.25) is 0 Å². The summed E-state index contributed by atoms with van der Waals surface area (Å²) in [6.07, 6.45) is 5.31. The van der Waals surface area contributed by atoms with Gasteiger partial charge in [-0.1, -0.05) is 6.42 Å². The molecule has 3 rings (SSSR count). The zero-order valence-corrected chi connectivity index (χ0v) is 11.2. The van der Waals surface area contributed by atoms with Crippen molar-refractivity contribution in [1.29, 1.82) is 0 Å². The van der Waals surface area contributed by atoms with Crippen molar-refractivity contribution in [1.82, 2.24) is 5.32 Å². The maximum absolute atomic E-state index is 12.8. The Balaban J connectivity index is 1.61. The molecule has 2 bridgehead atoms. The minimum Gasteiger partial charge on any atom is -0.349 e. The molecule has 4 atom stereocenters. The molecular formula is C16H20FNO. The Labute approximate surface area is 113 Å². The summed E-state index contributed by atoms with van der Waals surface area (Å²) in [5.41, 5.74) is 0.538. The van der Waals surface area contributed by atoms with E-state index in [0.717, 1.165) is 11.8 Å². The highest BCUT2D eigenvalue weighted by molar-refractivity contribution is 5.94. The molecule has 1 aromatic rings. The van der Waals surface area contributed by atoms with E-state index in [1.54, 1.807) is 0 Å². The quantitative estimate of drug-likeness (QED) is 0.888. The lowest BCUT2D eigenvalue weighted by atomic mass is 9.84. The molecule has 2 fully saturated rings. The molecule has 102 valence electrons. The van der Waals surface area contributed by atoms with Gasteiger partial charge in [0.25, 0.3) is 5.91 Å². The second-order valence-corrected chi connectivity index (χ2v) is 6.11. The predicted molar refractivity (Wildman–Crippen MR) is 72.3 cm³/mol. The highest BCUT2D eigenvalue weighted by Crippen LogP contribution is 2.49. The number of amides is 1. The van der Waals surface area contributed by atoms with Crippen LogP contribution in [0.3, 0.4) is 0 Å². The molecule has 1 N–H and O–H groups in total. The van der Waals surface area contributed by atoms with E-state index in [1.807, 2.05) is 0 Å². The third kappa shape index (κ3) is 2.51. The van der Waals surface area contributed by atoms with E-state index >= 15 is 0 Å². The van der Waals surface area contributed by atoms with Gasteiger partial charge in [-0.3, -0.25) is 4.79 Å². The summed E-state index contributed by atoms with van der Waals surface area (Å²) in [4.78, 5) is 12.1. The van der Waals surface area contributed by atoms with Crippen LogP contribution < -0.4 is 5.32 Å². The number of nitrogens with one attached hydrogen (secondary N) is 1. The van der Waals surface area contributed by atoms with Gasteiger partial charge in [-0.15, -0.1) is 0 Å². The zero-order chi connectivity index (χ0) is 13.4. The normalized spacial score (nSPS) is 30.3. The Morgan fingerprint density at radius 1 is 1.26 bits per heavy atom. The average Bonchev–Trinajstić information content (AvgIpc) is 3.01. The van der Waals surface area contributed by atoms with E-state index in [-0.39, 0.29) is 17.8 Å². The van der Waals surface area contributed by atoms with Crippen LogP contribution in [0.25, 0.3) is 0 Å². The number of rotatable bonds is 3. The lowest BCUT2D eigenvalue weighted by molar-refractivity contribution is 0.0915. The molecular weight excluding hydrogens is 241 g/mol. The lowest BCUT2D eigenvalue weighted by Crippen LogP contribution is -2.40. The molecule has 3 heteroatoms. The number of fused-ring (bicyclic) bond motifs is 2. The van der Waals surface area contributed by atoms with Crippen LogP contribution in [-0.2, 0) is 0 Å². The molecule has 0 aliphatic heterocycles. The fourth-order valence-electron chi connectivity index (χ4n) is 3.90. The molecule has 2 aliphatic rings. The molecule has 2 saturated carbocycles. The maximum atomic E-state index is 12.8. The van der Waals surface area contributed by atoms with Gasteiger partial charge in [0.2, 0.25) is 0 Å². The summed E-state index contributed by atoms with van der Waals surface area (Å²) < 4.78 is 12.8. The van der Waals surface area contributed by atoms with Crippen LogP contribution in [0, 0.1) is 23.6 Å². The van der Waals surface area contributed by atoms with Crippen molar-refractivity contribution in [2.75, 3.05) is 0 Å². The van der Waals surface area contributed by atoms with Crippen LogP contribution >= 0.6 is 0 Å². The summed E-state index contributed by atoms with van der Waals surface area (Å²) in [5, 5.41) is 3.08. The highest BCUT2D eigenvalue weighted by atomic mass is 19.1. The van der Waals surface area contributed by atoms with Gasteiger partial charge < -0.3 is 5.32 Å². The fraction of sp³-hybridized carbons (Fsp3) is 0.562. The summed E-state index contributed by atoms with van der Waals surface area (Å²) in [6, 6.07) is 5.96. The maximum Gasteiger partial charge on any atom is 0.251 e. The second-order valence-electron chi connectivity index (χ2n) is 6.11. The minimum atomic E-state index is -0.308. The lowest BCUT2D eigenvalue weighted by Gasteiger charge is -2.28. The number of hydrogen-bond donors (Lipinski definition) is 1. The van der Waals surface area contributed by atoms with Crippen molar-refractivity contribution in [2.45, 2.75) is 38.6 Å². The van der Waals surface area contributed by atoms with Crippen molar-refractivity contribution >= 4 is 5.91 Å². The van der Waals surface area contributed by atoms with E-state index in [2.05, 4.69) is 12.2 Å². The Morgan fingerprint density at radius 2 is 2.00 bits per heavy atom. The highest BCUT2D eigenvalue weighted by Gasteiger charge is 2.42. The summed E-state index contributed by atoms with van der Waals surface area (Å²) in [5.74, 6) is 1.92. The van der Waals surface area contributed by atoms with E-state index in [4.69, 9.17) is 0 Å². The van der Waals surface area contributed by atoms with Crippen molar-refractivity contribution in [2.24, 2.45) is 17.8 Å². The second kappa shape index (κ2) is 4.95. The first-order valence-electron chi connectivity index (χ1n) is 7.20. The van der Waals surface area contributed by atoms with E-state index in [0.29, 0.717) is 11.5 Å². The van der Waals surface area contributed by atoms with Crippen molar-refractivity contribution < 1.29 is 9.18 Å². The third-order valence-corrected chi connectivity index (χ3v) is 4.90. The number of hydrogen-bond acceptors (Lipinski definition) is 1. The van der Waals surface area contributed by atoms with Crippen molar-refractivity contribution in [3.8, 4) is 0 Å². The van der Waals surface area contributed by atoms with Crippen LogP contribution in [0.4, 0.5) is 4.39 Å². The van der Waals surface area contributed by atoms with Crippen molar-refractivity contribution in [3.63, 3.8) is 0 Å². The first kappa shape index (κ1) is 12.6. The Hall–Kier alpha value is -1.38. The number of carbonyl (C=O) groups is 1. The predicted octanol–water partition coefficient (Wildman–Crippen LogP) is 3.38. The SMILES string of the molecule is C[C@@H](NC(=O)c1ccc(F)cc1)[C@H]1C[C@H]2CC[C@H]1C2. The van der Waals surface area contributed by atoms with Gasteiger partial charge in [-0.25, -0.2) is 4.39 Å². The van der Waals surface area contributed by atoms with Gasteiger partial charge in [0.05, 0.1) is 0 Å². The van der Waals surface area contributed by atoms with E-state index < -0.39 is 0 Å². The van der Waals surface area contributed by atoms with Crippen LogP contribution in [0.15, 0.2) is 24.3 Å². The molecule has 19 heavy (non-hydrogen) atoms. The molecule has 0 saturated heterocycles. The zero-order valence-electron chi connectivity index (χ0n) is 11.2. The number of carbonyl (C=O) groups excluding carboxylic acids is 1. The first-order valence-corrected chi connectivity index (χ1v) is 7.20. The number of halogens is 1. The van der Waals surface area contributed by atoms with Crippen LogP contribution in [-0.4, -0.2) is 11.9 Å². The number of benzene rings is 1. The van der Waals surface area contributed by atoms with Gasteiger partial charge >= 0.3 is 0 Å². The van der Waals surface area contributed by atoms with Gasteiger partial charge in [0.1, 0.15) is 5.82 Å². The third-order valence-electron chi connectivity index (χ3n) is 4.90. The standard InChI is InChI=1S/C16H20FNO/c1-10(15-9-11-2-3-13(15)8-11)18-16(19)12-4-6-14(17)7-5-12/h4-7,10-11,13,15H,2-3,8-9H2,1H3,(H,18,19)/t10-,11+,13+,15-/m1/s1. The van der Waals surface area contributed by atoms with Crippen molar-refractivity contribution in [3.05, 3.63) is 35.6 Å². The Bertz CT molecular complexity index is 470. The molecule has 0 aromatic heterocycles. The van der Waals surface area contributed by atoms with E-state index in [9.17, 15) is 9.18 Å². The monoisotopic (exact) mass is 261 g/mol. The van der Waals surface area contributed by atoms with Gasteiger partial charge in [-0.05, 0) is 68.2 Å². The fourth-order valence-corrected chi connectivity index (χ4v) is 3.90. The Morgan fingerprint density at radius 3 is 2.58 bits per heavy atom. The molecule has 1 amide bonds. The van der Waals surface area contributed by atoms with Gasteiger partial charge in [0.15, 0.2) is 0 Å². The Kier molecular flexibility index (Phi) is 3.29. The largest absolute Gasteiger partial charge is 0.349 e. The molecule has 2 nitrogen and oxygen atoms in total. The van der Waals surface area contributed by atoms with Gasteiger partial charge in [0, 0.05) is 11.6 Å². The van der Waals surface area contributed by atoms with E-state index in [1.165, 1.54) is 49.9 Å². The summed E-state index contributed by atoms with van der Waals surface area (Å²) in [6.45, 7) is 2.10.